The molecule has 0 heterocycles. The maximum atomic E-state index is 12.2. The quantitative estimate of drug-likeness (QED) is 0.116. The summed E-state index contributed by atoms with van der Waals surface area (Å²) in [6.45, 7) is 0. The topological polar surface area (TPSA) is 155 Å². The first-order valence-corrected chi connectivity index (χ1v) is 9.76. The Labute approximate surface area is 188 Å². The molecule has 0 N–H and O–H groups in total. The van der Waals surface area contributed by atoms with Gasteiger partial charge in [-0.2, -0.15) is 0 Å². The fraction of sp³-hybridized carbons (Fsp3) is 0. The minimum Gasteiger partial charge on any atom is -0.298 e. The molecule has 5 aromatic carbocycles. The second-order valence-electron chi connectivity index (χ2n) is 7.54. The number of nitro groups is 2. The molecule has 0 amide bonds. The SMILES string of the molecule is O=Cc1c([N+](=O)[O-])c(C=O)c2c3cccc4c(C=O)c([N+](=O)[O-])c(C=O)c(c5cccc1c52)c43. The summed E-state index contributed by atoms with van der Waals surface area (Å²) in [6.07, 6.45) is 1.13. The molecule has 5 rings (SSSR count). The predicted molar refractivity (Wildman–Crippen MR) is 123 cm³/mol. The average molecular weight is 454 g/mol. The van der Waals surface area contributed by atoms with Crippen molar-refractivity contribution in [1.82, 2.24) is 0 Å². The Kier molecular flexibility index (Phi) is 4.40. The van der Waals surface area contributed by atoms with E-state index in [2.05, 4.69) is 0 Å². The third kappa shape index (κ3) is 2.39. The fourth-order valence-electron chi connectivity index (χ4n) is 4.98. The maximum Gasteiger partial charge on any atom is 0.291 e. The van der Waals surface area contributed by atoms with Crippen LogP contribution in [-0.2, 0) is 0 Å². The van der Waals surface area contributed by atoms with Crippen LogP contribution in [0.1, 0.15) is 41.4 Å². The minimum absolute atomic E-state index is 0.151. The molecule has 10 heteroatoms. The van der Waals surface area contributed by atoms with Crippen molar-refractivity contribution in [3.05, 3.63) is 78.9 Å². The minimum atomic E-state index is -0.810. The van der Waals surface area contributed by atoms with E-state index in [1.54, 1.807) is 12.1 Å². The molecule has 10 nitrogen and oxygen atoms in total. The van der Waals surface area contributed by atoms with E-state index >= 15 is 0 Å². The number of rotatable bonds is 6. The Bertz CT molecular complexity index is 1660. The zero-order valence-corrected chi connectivity index (χ0v) is 16.9. The summed E-state index contributed by atoms with van der Waals surface area (Å²) < 4.78 is 0. The summed E-state index contributed by atoms with van der Waals surface area (Å²) in [7, 11) is 0. The van der Waals surface area contributed by atoms with Crippen molar-refractivity contribution in [3.63, 3.8) is 0 Å². The summed E-state index contributed by atoms with van der Waals surface area (Å²) in [5, 5.41) is 25.5. The lowest BCUT2D eigenvalue weighted by Gasteiger charge is -2.18. The van der Waals surface area contributed by atoms with Crippen LogP contribution in [0.2, 0.25) is 0 Å². The van der Waals surface area contributed by atoms with Gasteiger partial charge < -0.3 is 0 Å². The summed E-state index contributed by atoms with van der Waals surface area (Å²) in [5.41, 5.74) is -2.67. The van der Waals surface area contributed by atoms with Gasteiger partial charge in [0.15, 0.2) is 25.1 Å². The van der Waals surface area contributed by atoms with Crippen molar-refractivity contribution in [2.75, 3.05) is 0 Å². The zero-order valence-electron chi connectivity index (χ0n) is 16.9. The van der Waals surface area contributed by atoms with Gasteiger partial charge in [-0.05, 0) is 21.5 Å². The van der Waals surface area contributed by atoms with Gasteiger partial charge in [0.05, 0.1) is 9.85 Å². The molecule has 0 spiro atoms. The standard InChI is InChI=1S/C24H10N2O8/c27-7-15-11-3-1-5-13-19(11)22(18(10-30)23(15)25(31)32)14-6-2-4-12-16(8-28)24(26(33)34)17(9-29)21(13)20(12)14/h1-10H. The highest BCUT2D eigenvalue weighted by atomic mass is 16.6. The highest BCUT2D eigenvalue weighted by Crippen LogP contribution is 2.48. The smallest absolute Gasteiger partial charge is 0.291 e. The van der Waals surface area contributed by atoms with Crippen molar-refractivity contribution < 1.29 is 29.0 Å². The van der Waals surface area contributed by atoms with Crippen molar-refractivity contribution in [2.45, 2.75) is 0 Å². The Morgan fingerprint density at radius 2 is 0.824 bits per heavy atom. The van der Waals surface area contributed by atoms with Crippen LogP contribution in [0.4, 0.5) is 11.4 Å². The number of fused-ring (bicyclic) bond motifs is 2. The molecule has 0 saturated carbocycles. The van der Waals surface area contributed by atoms with Crippen LogP contribution >= 0.6 is 0 Å². The molecule has 0 radical (unpaired) electrons. The van der Waals surface area contributed by atoms with Crippen LogP contribution in [0.5, 0.6) is 0 Å². The molecule has 0 bridgehead atoms. The van der Waals surface area contributed by atoms with Gasteiger partial charge in [-0.15, -0.1) is 0 Å². The van der Waals surface area contributed by atoms with Gasteiger partial charge in [0.2, 0.25) is 0 Å². The second-order valence-corrected chi connectivity index (χ2v) is 7.54. The molecule has 34 heavy (non-hydrogen) atoms. The third-order valence-corrected chi connectivity index (χ3v) is 6.14. The highest BCUT2D eigenvalue weighted by Gasteiger charge is 2.32. The van der Waals surface area contributed by atoms with Crippen LogP contribution in [0.15, 0.2) is 36.4 Å². The number of nitrogens with zero attached hydrogens (tertiary/aromatic N) is 2. The number of benzene rings is 5. The van der Waals surface area contributed by atoms with Gasteiger partial charge in [0.1, 0.15) is 22.3 Å². The molecule has 0 aliphatic heterocycles. The normalized spacial score (nSPS) is 11.3. The lowest BCUT2D eigenvalue weighted by atomic mass is 9.82. The van der Waals surface area contributed by atoms with Gasteiger partial charge in [-0.3, -0.25) is 39.4 Å². The van der Waals surface area contributed by atoms with Gasteiger partial charge in [0.25, 0.3) is 11.4 Å². The van der Waals surface area contributed by atoms with Gasteiger partial charge in [-0.25, -0.2) is 0 Å². The maximum absolute atomic E-state index is 12.2. The molecule has 0 unspecified atom stereocenters. The molecule has 164 valence electrons. The number of carbonyl (C=O) groups excluding carboxylic acids is 4. The molecule has 0 aromatic heterocycles. The average Bonchev–Trinajstić information content (AvgIpc) is 2.84. The molecule has 0 atom stereocenters. The summed E-state index contributed by atoms with van der Waals surface area (Å²) in [4.78, 5) is 70.4. The Hall–Kier alpha value is -5.12. The third-order valence-electron chi connectivity index (χ3n) is 6.14. The number of hydrogen-bond acceptors (Lipinski definition) is 8. The van der Waals surface area contributed by atoms with Gasteiger partial charge in [0, 0.05) is 21.5 Å². The van der Waals surface area contributed by atoms with E-state index in [1.807, 2.05) is 0 Å². The van der Waals surface area contributed by atoms with E-state index in [1.165, 1.54) is 24.3 Å². The molecule has 0 saturated heterocycles. The van der Waals surface area contributed by atoms with Crippen LogP contribution < -0.4 is 0 Å². The number of nitro benzene ring substituents is 2. The number of carbonyl (C=O) groups is 4. The van der Waals surface area contributed by atoms with Gasteiger partial charge >= 0.3 is 0 Å². The van der Waals surface area contributed by atoms with E-state index in [4.69, 9.17) is 0 Å². The first-order valence-electron chi connectivity index (χ1n) is 9.76. The zero-order chi connectivity index (χ0) is 24.3. The molecule has 5 aromatic rings. The van der Waals surface area contributed by atoms with Crippen molar-refractivity contribution in [2.24, 2.45) is 0 Å². The Balaban J connectivity index is 2.32. The summed E-state index contributed by atoms with van der Waals surface area (Å²) in [5.74, 6) is 0. The van der Waals surface area contributed by atoms with Crippen LogP contribution in [-0.4, -0.2) is 35.0 Å². The van der Waals surface area contributed by atoms with Crippen LogP contribution in [0.3, 0.4) is 0 Å². The molecule has 0 fully saturated rings. The van der Waals surface area contributed by atoms with Crippen LogP contribution in [0, 0.1) is 20.2 Å². The monoisotopic (exact) mass is 454 g/mol. The van der Waals surface area contributed by atoms with E-state index in [-0.39, 0.29) is 90.5 Å². The summed E-state index contributed by atoms with van der Waals surface area (Å²) >= 11 is 0. The summed E-state index contributed by atoms with van der Waals surface area (Å²) in [6, 6.07) is 9.01. The largest absolute Gasteiger partial charge is 0.298 e. The molecule has 0 aliphatic rings. The second kappa shape index (κ2) is 7.20. The van der Waals surface area contributed by atoms with Crippen molar-refractivity contribution in [1.29, 1.82) is 0 Å². The van der Waals surface area contributed by atoms with Gasteiger partial charge in [-0.1, -0.05) is 36.4 Å². The fourth-order valence-corrected chi connectivity index (χ4v) is 4.98. The van der Waals surface area contributed by atoms with Crippen molar-refractivity contribution >= 4 is 79.6 Å². The first-order chi connectivity index (χ1) is 16.4. The lowest BCUT2D eigenvalue weighted by Crippen LogP contribution is -2.06. The Morgan fingerprint density at radius 1 is 0.500 bits per heavy atom. The van der Waals surface area contributed by atoms with Crippen LogP contribution in [0.25, 0.3) is 43.1 Å². The highest BCUT2D eigenvalue weighted by molar-refractivity contribution is 6.40. The Morgan fingerprint density at radius 3 is 1.12 bits per heavy atom. The van der Waals surface area contributed by atoms with E-state index in [9.17, 15) is 39.4 Å². The number of hydrogen-bond donors (Lipinski definition) is 0. The van der Waals surface area contributed by atoms with E-state index < -0.39 is 21.2 Å². The molecular formula is C24H10N2O8. The molecular weight excluding hydrogens is 444 g/mol. The predicted octanol–water partition coefficient (Wildman–Crippen LogP) is 4.80. The first kappa shape index (κ1) is 20.8. The lowest BCUT2D eigenvalue weighted by molar-refractivity contribution is -0.385. The van der Waals surface area contributed by atoms with E-state index in [0.717, 1.165) is 0 Å². The molecule has 0 aliphatic carbocycles. The number of aldehydes is 4. The van der Waals surface area contributed by atoms with Crippen molar-refractivity contribution in [3.8, 4) is 0 Å². The van der Waals surface area contributed by atoms with E-state index in [0.29, 0.717) is 0 Å².